The number of amides is 1. The molecule has 0 aliphatic carbocycles. The van der Waals surface area contributed by atoms with E-state index in [0.29, 0.717) is 36.6 Å². The molecule has 0 fully saturated rings. The molecule has 2 atom stereocenters. The number of rotatable bonds is 4. The van der Waals surface area contributed by atoms with Gasteiger partial charge < -0.3 is 24.3 Å². The number of nitrogens with zero attached hydrogens (tertiary/aromatic N) is 2. The third-order valence-corrected chi connectivity index (χ3v) is 3.97. The van der Waals surface area contributed by atoms with Gasteiger partial charge in [0, 0.05) is 13.0 Å². The van der Waals surface area contributed by atoms with Gasteiger partial charge in [0.05, 0.1) is 18.8 Å². The summed E-state index contributed by atoms with van der Waals surface area (Å²) in [5.41, 5.74) is 1.28. The van der Waals surface area contributed by atoms with Gasteiger partial charge in [-0.1, -0.05) is 30.3 Å². The molecule has 1 amide bonds. The van der Waals surface area contributed by atoms with E-state index in [1.54, 1.807) is 31.2 Å². The van der Waals surface area contributed by atoms with Gasteiger partial charge >= 0.3 is 6.09 Å². The maximum absolute atomic E-state index is 11.8. The summed E-state index contributed by atoms with van der Waals surface area (Å²) in [6, 6.07) is 8.83. The first-order valence-electron chi connectivity index (χ1n) is 7.91. The van der Waals surface area contributed by atoms with E-state index >= 15 is 0 Å². The Morgan fingerprint density at radius 1 is 1.33 bits per heavy atom. The smallest absolute Gasteiger partial charge is 0.410 e. The molecule has 0 bridgehead atoms. The molecule has 1 aliphatic heterocycles. The van der Waals surface area contributed by atoms with E-state index in [2.05, 4.69) is 4.98 Å². The average molecular weight is 332 g/mol. The van der Waals surface area contributed by atoms with Gasteiger partial charge in [0.2, 0.25) is 5.89 Å². The molecule has 2 heterocycles. The number of ether oxygens (including phenoxy) is 1. The molecule has 1 aromatic carbocycles. The number of aliphatic hydroxyl groups excluding tert-OH is 2. The van der Waals surface area contributed by atoms with Crippen molar-refractivity contribution >= 4 is 6.09 Å². The van der Waals surface area contributed by atoms with Crippen molar-refractivity contribution in [3.63, 3.8) is 0 Å². The Hall–Kier alpha value is -2.38. The zero-order valence-electron chi connectivity index (χ0n) is 13.4. The van der Waals surface area contributed by atoms with E-state index < -0.39 is 18.3 Å². The molecule has 2 N–H and O–H groups in total. The Bertz CT molecular complexity index is 700. The normalized spacial score (nSPS) is 16.4. The monoisotopic (exact) mass is 332 g/mol. The highest BCUT2D eigenvalue weighted by molar-refractivity contribution is 5.67. The van der Waals surface area contributed by atoms with Crippen molar-refractivity contribution in [1.29, 1.82) is 0 Å². The molecule has 0 saturated heterocycles. The number of aliphatic hydroxyl groups is 2. The molecule has 0 spiro atoms. The lowest BCUT2D eigenvalue weighted by Crippen LogP contribution is -2.36. The van der Waals surface area contributed by atoms with Crippen molar-refractivity contribution in [1.82, 2.24) is 9.88 Å². The molecule has 128 valence electrons. The highest BCUT2D eigenvalue weighted by Gasteiger charge is 2.30. The second-order valence-electron chi connectivity index (χ2n) is 5.59. The third-order valence-electron chi connectivity index (χ3n) is 3.97. The maximum Gasteiger partial charge on any atom is 0.410 e. The fourth-order valence-corrected chi connectivity index (χ4v) is 2.68. The molecule has 7 nitrogen and oxygen atoms in total. The molecule has 2 unspecified atom stereocenters. The zero-order chi connectivity index (χ0) is 17.1. The van der Waals surface area contributed by atoms with Gasteiger partial charge in [-0.05, 0) is 12.5 Å². The number of hydrogen-bond donors (Lipinski definition) is 2. The van der Waals surface area contributed by atoms with Crippen LogP contribution < -0.4 is 0 Å². The summed E-state index contributed by atoms with van der Waals surface area (Å²) in [7, 11) is 0. The molecule has 0 saturated carbocycles. The van der Waals surface area contributed by atoms with E-state index in [9.17, 15) is 15.0 Å². The van der Waals surface area contributed by atoms with Gasteiger partial charge in [-0.25, -0.2) is 9.78 Å². The SMILES string of the molecule is CCOC(=O)N1CCc2nc(C(O)C(O)c3ccccc3)oc2C1. The average Bonchev–Trinajstić information content (AvgIpc) is 3.04. The highest BCUT2D eigenvalue weighted by Crippen LogP contribution is 2.31. The molecular formula is C17H20N2O5. The zero-order valence-corrected chi connectivity index (χ0v) is 13.4. The first-order chi connectivity index (χ1) is 11.6. The van der Waals surface area contributed by atoms with Crippen molar-refractivity contribution < 1.29 is 24.2 Å². The Balaban J connectivity index is 1.74. The van der Waals surface area contributed by atoms with Crippen molar-refractivity contribution in [2.24, 2.45) is 0 Å². The van der Waals surface area contributed by atoms with Gasteiger partial charge in [-0.2, -0.15) is 0 Å². The molecule has 0 radical (unpaired) electrons. The van der Waals surface area contributed by atoms with Crippen molar-refractivity contribution in [3.8, 4) is 0 Å². The van der Waals surface area contributed by atoms with Crippen LogP contribution in [-0.4, -0.2) is 39.3 Å². The third kappa shape index (κ3) is 3.27. The van der Waals surface area contributed by atoms with Crippen LogP contribution in [0.1, 0.15) is 42.0 Å². The first-order valence-corrected chi connectivity index (χ1v) is 7.91. The summed E-state index contributed by atoms with van der Waals surface area (Å²) in [4.78, 5) is 17.6. The van der Waals surface area contributed by atoms with Crippen molar-refractivity contribution in [2.45, 2.75) is 32.1 Å². The van der Waals surface area contributed by atoms with Gasteiger partial charge in [-0.15, -0.1) is 0 Å². The Labute approximate surface area is 139 Å². The van der Waals surface area contributed by atoms with E-state index in [4.69, 9.17) is 9.15 Å². The quantitative estimate of drug-likeness (QED) is 0.888. The Kier molecular flexibility index (Phi) is 4.82. The van der Waals surface area contributed by atoms with Crippen LogP contribution in [0.3, 0.4) is 0 Å². The molecule has 24 heavy (non-hydrogen) atoms. The number of carbonyl (C=O) groups excluding carboxylic acids is 1. The van der Waals surface area contributed by atoms with Crippen LogP contribution in [0.5, 0.6) is 0 Å². The van der Waals surface area contributed by atoms with Crippen LogP contribution >= 0.6 is 0 Å². The van der Waals surface area contributed by atoms with Crippen LogP contribution in [0.15, 0.2) is 34.7 Å². The van der Waals surface area contributed by atoms with Crippen LogP contribution in [0.4, 0.5) is 4.79 Å². The molecule has 3 rings (SSSR count). The number of fused-ring (bicyclic) bond motifs is 1. The van der Waals surface area contributed by atoms with Crippen LogP contribution in [0, 0.1) is 0 Å². The predicted octanol–water partition coefficient (Wildman–Crippen LogP) is 1.96. The highest BCUT2D eigenvalue weighted by atomic mass is 16.6. The second kappa shape index (κ2) is 7.02. The summed E-state index contributed by atoms with van der Waals surface area (Å²) in [5, 5.41) is 20.6. The van der Waals surface area contributed by atoms with Gasteiger partial charge in [-0.3, -0.25) is 0 Å². The van der Waals surface area contributed by atoms with Gasteiger partial charge in [0.25, 0.3) is 0 Å². The number of benzene rings is 1. The van der Waals surface area contributed by atoms with E-state index in [-0.39, 0.29) is 12.4 Å². The molecule has 1 aliphatic rings. The Morgan fingerprint density at radius 2 is 2.08 bits per heavy atom. The van der Waals surface area contributed by atoms with Gasteiger partial charge in [0.1, 0.15) is 11.9 Å². The standard InChI is InChI=1S/C17H20N2O5/c1-2-23-17(22)19-9-8-12-13(10-19)24-16(18-12)15(21)14(20)11-6-4-3-5-7-11/h3-7,14-15,20-21H,2,8-10H2,1H3. The van der Waals surface area contributed by atoms with E-state index in [1.807, 2.05) is 6.07 Å². The lowest BCUT2D eigenvalue weighted by molar-refractivity contribution is -0.000118. The first kappa shape index (κ1) is 16.5. The number of oxazole rings is 1. The predicted molar refractivity (Wildman–Crippen MR) is 84.0 cm³/mol. The van der Waals surface area contributed by atoms with Crippen molar-refractivity contribution in [2.75, 3.05) is 13.2 Å². The lowest BCUT2D eigenvalue weighted by Gasteiger charge is -2.24. The van der Waals surface area contributed by atoms with E-state index in [1.165, 1.54) is 4.90 Å². The van der Waals surface area contributed by atoms with Crippen LogP contribution in [-0.2, 0) is 17.7 Å². The number of aromatic nitrogens is 1. The fourth-order valence-electron chi connectivity index (χ4n) is 2.68. The minimum Gasteiger partial charge on any atom is -0.450 e. The molecular weight excluding hydrogens is 312 g/mol. The minimum atomic E-state index is -1.27. The van der Waals surface area contributed by atoms with Crippen LogP contribution in [0.2, 0.25) is 0 Å². The second-order valence-corrected chi connectivity index (χ2v) is 5.59. The summed E-state index contributed by atoms with van der Waals surface area (Å²) in [6.07, 6.45) is -2.28. The van der Waals surface area contributed by atoms with Crippen molar-refractivity contribution in [3.05, 3.63) is 53.2 Å². The summed E-state index contributed by atoms with van der Waals surface area (Å²) >= 11 is 0. The molecule has 2 aromatic rings. The minimum absolute atomic E-state index is 0.0575. The summed E-state index contributed by atoms with van der Waals surface area (Å²) in [5.74, 6) is 0.575. The summed E-state index contributed by atoms with van der Waals surface area (Å²) in [6.45, 7) is 2.79. The number of hydrogen-bond acceptors (Lipinski definition) is 6. The lowest BCUT2D eigenvalue weighted by atomic mass is 10.0. The largest absolute Gasteiger partial charge is 0.450 e. The van der Waals surface area contributed by atoms with Crippen LogP contribution in [0.25, 0.3) is 0 Å². The van der Waals surface area contributed by atoms with Gasteiger partial charge in [0.15, 0.2) is 6.10 Å². The number of carbonyl (C=O) groups is 1. The van der Waals surface area contributed by atoms with E-state index in [0.717, 1.165) is 0 Å². The molecule has 7 heteroatoms. The topological polar surface area (TPSA) is 96.0 Å². The fraction of sp³-hybridized carbons (Fsp3) is 0.412. The molecule has 1 aromatic heterocycles. The maximum atomic E-state index is 11.8. The Morgan fingerprint density at radius 3 is 2.79 bits per heavy atom. The summed E-state index contributed by atoms with van der Waals surface area (Å²) < 4.78 is 10.6.